The van der Waals surface area contributed by atoms with Crippen molar-refractivity contribution >= 4 is 22.4 Å². The lowest BCUT2D eigenvalue weighted by molar-refractivity contribution is -0.0800. The number of nitrogens with one attached hydrogen (secondary N) is 2. The second kappa shape index (κ2) is 7.02. The van der Waals surface area contributed by atoms with Gasteiger partial charge < -0.3 is 15.0 Å². The van der Waals surface area contributed by atoms with Gasteiger partial charge in [-0.1, -0.05) is 6.07 Å². The van der Waals surface area contributed by atoms with Crippen molar-refractivity contribution in [1.82, 2.24) is 30.1 Å². The molecule has 2 aliphatic heterocycles. The summed E-state index contributed by atoms with van der Waals surface area (Å²) >= 11 is 0. The number of anilines is 1. The van der Waals surface area contributed by atoms with Crippen molar-refractivity contribution in [1.29, 1.82) is 0 Å². The summed E-state index contributed by atoms with van der Waals surface area (Å²) in [5, 5.41) is 17.5. The SMILES string of the molecule is c1cc2[nH]nc(C3CC3)c2cc1-c1cnc2ccc(N3CCC4(CC3)CNCCO4)nn12. The number of piperidine rings is 1. The molecule has 1 spiro atoms. The van der Waals surface area contributed by atoms with Crippen molar-refractivity contribution in [3.05, 3.63) is 42.2 Å². The van der Waals surface area contributed by atoms with E-state index >= 15 is 0 Å². The Balaban J connectivity index is 1.21. The number of rotatable bonds is 3. The molecule has 2 N–H and O–H groups in total. The molecule has 0 atom stereocenters. The average molecular weight is 430 g/mol. The third-order valence-corrected chi connectivity index (χ3v) is 7.33. The molecule has 164 valence electrons. The maximum Gasteiger partial charge on any atom is 0.154 e. The van der Waals surface area contributed by atoms with E-state index in [0.717, 1.165) is 73.9 Å². The monoisotopic (exact) mass is 429 g/mol. The van der Waals surface area contributed by atoms with Crippen LogP contribution in [-0.4, -0.2) is 63.2 Å². The predicted molar refractivity (Wildman–Crippen MR) is 123 cm³/mol. The predicted octanol–water partition coefficient (Wildman–Crippen LogP) is 3.11. The van der Waals surface area contributed by atoms with Gasteiger partial charge in [0.15, 0.2) is 5.65 Å². The van der Waals surface area contributed by atoms with Crippen LogP contribution in [0.4, 0.5) is 5.82 Å². The second-order valence-electron chi connectivity index (χ2n) is 9.44. The number of nitrogens with zero attached hydrogens (tertiary/aromatic N) is 5. The van der Waals surface area contributed by atoms with Crippen LogP contribution in [0.1, 0.15) is 37.3 Å². The van der Waals surface area contributed by atoms with E-state index in [1.165, 1.54) is 23.9 Å². The van der Waals surface area contributed by atoms with Gasteiger partial charge >= 0.3 is 0 Å². The van der Waals surface area contributed by atoms with Crippen molar-refractivity contribution in [2.24, 2.45) is 0 Å². The largest absolute Gasteiger partial charge is 0.372 e. The number of fused-ring (bicyclic) bond motifs is 2. The number of aromatic amines is 1. The molecule has 1 aliphatic carbocycles. The first kappa shape index (κ1) is 18.6. The lowest BCUT2D eigenvalue weighted by Gasteiger charge is -2.44. The van der Waals surface area contributed by atoms with E-state index in [1.807, 2.05) is 10.7 Å². The minimum atomic E-state index is -0.00170. The van der Waals surface area contributed by atoms with E-state index in [-0.39, 0.29) is 5.60 Å². The third-order valence-electron chi connectivity index (χ3n) is 7.33. The summed E-state index contributed by atoms with van der Waals surface area (Å²) in [6, 6.07) is 10.7. The van der Waals surface area contributed by atoms with Gasteiger partial charge in [-0.05, 0) is 49.9 Å². The van der Waals surface area contributed by atoms with Gasteiger partial charge in [-0.3, -0.25) is 5.10 Å². The molecule has 1 aromatic carbocycles. The number of hydrogen-bond acceptors (Lipinski definition) is 6. The molecule has 0 bridgehead atoms. The van der Waals surface area contributed by atoms with Crippen LogP contribution >= 0.6 is 0 Å². The highest BCUT2D eigenvalue weighted by atomic mass is 16.5. The van der Waals surface area contributed by atoms with Crippen LogP contribution in [0.2, 0.25) is 0 Å². The summed E-state index contributed by atoms with van der Waals surface area (Å²) in [6.45, 7) is 4.64. The van der Waals surface area contributed by atoms with E-state index in [0.29, 0.717) is 5.92 Å². The first-order chi connectivity index (χ1) is 15.8. The molecule has 1 saturated carbocycles. The quantitative estimate of drug-likeness (QED) is 0.521. The number of hydrogen-bond donors (Lipinski definition) is 2. The molecule has 4 aromatic rings. The Morgan fingerprint density at radius 2 is 2.00 bits per heavy atom. The minimum absolute atomic E-state index is 0.00170. The first-order valence-electron chi connectivity index (χ1n) is 11.7. The van der Waals surface area contributed by atoms with Gasteiger partial charge in [0, 0.05) is 43.0 Å². The fourth-order valence-electron chi connectivity index (χ4n) is 5.26. The Bertz CT molecular complexity index is 1290. The van der Waals surface area contributed by atoms with E-state index < -0.39 is 0 Å². The van der Waals surface area contributed by atoms with Gasteiger partial charge in [0.2, 0.25) is 0 Å². The smallest absolute Gasteiger partial charge is 0.154 e. The van der Waals surface area contributed by atoms with Gasteiger partial charge in [-0.2, -0.15) is 5.10 Å². The third kappa shape index (κ3) is 3.01. The Morgan fingerprint density at radius 1 is 1.09 bits per heavy atom. The zero-order valence-electron chi connectivity index (χ0n) is 18.0. The fourth-order valence-corrected chi connectivity index (χ4v) is 5.26. The van der Waals surface area contributed by atoms with Gasteiger partial charge in [-0.25, -0.2) is 9.50 Å². The average Bonchev–Trinajstić information content (AvgIpc) is 3.45. The number of benzene rings is 1. The van der Waals surface area contributed by atoms with E-state index in [2.05, 4.69) is 55.7 Å². The highest BCUT2D eigenvalue weighted by molar-refractivity contribution is 5.87. The number of ether oxygens (including phenoxy) is 1. The number of H-pyrrole nitrogens is 1. The molecule has 5 heterocycles. The fraction of sp³-hybridized carbons (Fsp3) is 0.458. The molecule has 2 saturated heterocycles. The number of imidazole rings is 1. The summed E-state index contributed by atoms with van der Waals surface area (Å²) in [4.78, 5) is 6.99. The standard InChI is InChI=1S/C24H27N7O/c1-2-16(1)23-18-13-17(3-4-19(18)27-28-23)20-14-26-21-5-6-22(29-31(20)21)30-10-7-24(8-11-30)15-25-9-12-32-24/h3-6,13-14,16,25H,1-2,7-12,15H2,(H,27,28). The van der Waals surface area contributed by atoms with Crippen LogP contribution in [0.5, 0.6) is 0 Å². The minimum Gasteiger partial charge on any atom is -0.372 e. The lowest BCUT2D eigenvalue weighted by atomic mass is 9.90. The van der Waals surface area contributed by atoms with E-state index in [1.54, 1.807) is 0 Å². The van der Waals surface area contributed by atoms with Gasteiger partial charge in [0.25, 0.3) is 0 Å². The second-order valence-corrected chi connectivity index (χ2v) is 9.44. The molecule has 7 rings (SSSR count). The van der Waals surface area contributed by atoms with E-state index in [9.17, 15) is 0 Å². The molecule has 3 fully saturated rings. The normalized spacial score (nSPS) is 21.1. The topological polar surface area (TPSA) is 83.4 Å². The van der Waals surface area contributed by atoms with Crippen LogP contribution in [0.15, 0.2) is 36.5 Å². The lowest BCUT2D eigenvalue weighted by Crippen LogP contribution is -2.55. The zero-order valence-corrected chi connectivity index (χ0v) is 18.0. The Labute approximate surface area is 186 Å². The van der Waals surface area contributed by atoms with Crippen LogP contribution < -0.4 is 10.2 Å². The number of morpholine rings is 1. The Hall–Kier alpha value is -2.97. The molecule has 8 nitrogen and oxygen atoms in total. The molecule has 32 heavy (non-hydrogen) atoms. The van der Waals surface area contributed by atoms with Crippen molar-refractivity contribution < 1.29 is 4.74 Å². The molecule has 3 aromatic heterocycles. The molecule has 0 unspecified atom stereocenters. The van der Waals surface area contributed by atoms with Crippen molar-refractivity contribution in [2.75, 3.05) is 37.7 Å². The summed E-state index contributed by atoms with van der Waals surface area (Å²) in [7, 11) is 0. The van der Waals surface area contributed by atoms with Crippen LogP contribution in [0, 0.1) is 0 Å². The maximum absolute atomic E-state index is 6.15. The van der Waals surface area contributed by atoms with Crippen LogP contribution in [-0.2, 0) is 4.74 Å². The molecule has 3 aliphatic rings. The molecular weight excluding hydrogens is 402 g/mol. The summed E-state index contributed by atoms with van der Waals surface area (Å²) in [5.41, 5.74) is 5.30. The Kier molecular flexibility index (Phi) is 4.07. The van der Waals surface area contributed by atoms with Gasteiger partial charge in [0.05, 0.1) is 35.3 Å². The molecule has 8 heteroatoms. The zero-order chi connectivity index (χ0) is 21.1. The molecule has 0 radical (unpaired) electrons. The molecule has 0 amide bonds. The maximum atomic E-state index is 6.15. The van der Waals surface area contributed by atoms with Gasteiger partial charge in [0.1, 0.15) is 5.82 Å². The van der Waals surface area contributed by atoms with Crippen molar-refractivity contribution in [3.63, 3.8) is 0 Å². The number of aromatic nitrogens is 5. The van der Waals surface area contributed by atoms with Crippen molar-refractivity contribution in [2.45, 2.75) is 37.2 Å². The van der Waals surface area contributed by atoms with Gasteiger partial charge in [-0.15, -0.1) is 5.10 Å². The summed E-state index contributed by atoms with van der Waals surface area (Å²) in [5.74, 6) is 1.61. The first-order valence-corrected chi connectivity index (χ1v) is 11.7. The van der Waals surface area contributed by atoms with E-state index in [4.69, 9.17) is 9.84 Å². The Morgan fingerprint density at radius 3 is 2.81 bits per heavy atom. The summed E-state index contributed by atoms with van der Waals surface area (Å²) < 4.78 is 8.13. The van der Waals surface area contributed by atoms with Crippen LogP contribution in [0.25, 0.3) is 27.8 Å². The highest BCUT2D eigenvalue weighted by Crippen LogP contribution is 2.42. The van der Waals surface area contributed by atoms with Crippen molar-refractivity contribution in [3.8, 4) is 11.3 Å². The van der Waals surface area contributed by atoms with Crippen LogP contribution in [0.3, 0.4) is 0 Å². The summed E-state index contributed by atoms with van der Waals surface area (Å²) in [6.07, 6.45) is 6.46. The molecular formula is C24H27N7O. The highest BCUT2D eigenvalue weighted by Gasteiger charge is 2.37.